The number of amides is 2. The molecule has 0 unspecified atom stereocenters. The average molecular weight is 502 g/mol. The molecule has 0 atom stereocenters. The number of hydrogen-bond donors (Lipinski definition) is 2. The molecule has 37 heavy (non-hydrogen) atoms. The highest BCUT2D eigenvalue weighted by Crippen LogP contribution is 2.28. The van der Waals surface area contributed by atoms with Gasteiger partial charge in [-0.15, -0.1) is 0 Å². The fraction of sp³-hybridized carbons (Fsp3) is 0.241. The van der Waals surface area contributed by atoms with Gasteiger partial charge in [0.05, 0.1) is 24.5 Å². The number of nitrogens with zero attached hydrogens (tertiary/aromatic N) is 1. The largest absolute Gasteiger partial charge is 0.492 e. The minimum Gasteiger partial charge on any atom is -0.492 e. The number of carbonyl (C=O) groups excluding carboxylic acids is 2. The number of nitrogens with one attached hydrogen (secondary N) is 1. The smallest absolute Gasteiger partial charge is 0.255 e. The molecule has 0 fully saturated rings. The van der Waals surface area contributed by atoms with Crippen molar-refractivity contribution in [2.45, 2.75) is 19.8 Å². The Morgan fingerprint density at radius 3 is 2.59 bits per heavy atom. The van der Waals surface area contributed by atoms with E-state index in [-0.39, 0.29) is 12.5 Å². The standard InChI is InChI=1S/C29H31N3O5/c1-2-16-35-17-14-21-6-5-7-23-19-27(37-28(21)23)32(20-33)15-18-36-24-12-10-22(11-13-24)29(34)31-26-9-4-3-8-25(26)30/h3-13,19-20H,2,14-18,30H2,1H3,(H,31,34). The van der Waals surface area contributed by atoms with Crippen molar-refractivity contribution in [3.8, 4) is 5.75 Å². The number of nitrogen functional groups attached to an aromatic ring is 1. The SMILES string of the molecule is CCCOCCc1cccc2cc(N(C=O)CCOc3ccc(C(=O)Nc4ccccc4N)cc3)oc12. The lowest BCUT2D eigenvalue weighted by atomic mass is 10.1. The van der Waals surface area contributed by atoms with E-state index in [1.54, 1.807) is 48.5 Å². The number of ether oxygens (including phenoxy) is 2. The molecule has 3 N–H and O–H groups in total. The Morgan fingerprint density at radius 2 is 1.84 bits per heavy atom. The molecule has 4 aromatic rings. The van der Waals surface area contributed by atoms with E-state index in [2.05, 4.69) is 12.2 Å². The number of benzene rings is 3. The normalized spacial score (nSPS) is 10.8. The van der Waals surface area contributed by atoms with Gasteiger partial charge in [0.1, 0.15) is 17.9 Å². The van der Waals surface area contributed by atoms with E-state index < -0.39 is 0 Å². The van der Waals surface area contributed by atoms with Crippen LogP contribution in [-0.2, 0) is 16.0 Å². The summed E-state index contributed by atoms with van der Waals surface area (Å²) in [5.74, 6) is 0.779. The third kappa shape index (κ3) is 6.68. The quantitative estimate of drug-likeness (QED) is 0.147. The third-order valence-electron chi connectivity index (χ3n) is 5.81. The summed E-state index contributed by atoms with van der Waals surface area (Å²) in [6.07, 6.45) is 2.45. The second-order valence-electron chi connectivity index (χ2n) is 8.50. The lowest BCUT2D eigenvalue weighted by molar-refractivity contribution is -0.107. The molecule has 0 aliphatic rings. The van der Waals surface area contributed by atoms with Gasteiger partial charge < -0.3 is 24.9 Å². The molecule has 0 saturated carbocycles. The molecule has 0 bridgehead atoms. The van der Waals surface area contributed by atoms with E-state index in [0.29, 0.717) is 41.7 Å². The zero-order valence-corrected chi connectivity index (χ0v) is 20.8. The first kappa shape index (κ1) is 25.8. The van der Waals surface area contributed by atoms with E-state index in [1.807, 2.05) is 24.3 Å². The van der Waals surface area contributed by atoms with E-state index in [1.165, 1.54) is 4.90 Å². The van der Waals surface area contributed by atoms with Gasteiger partial charge in [-0.2, -0.15) is 0 Å². The zero-order chi connectivity index (χ0) is 26.0. The predicted molar refractivity (Wildman–Crippen MR) is 145 cm³/mol. The van der Waals surface area contributed by atoms with Gasteiger partial charge in [-0.3, -0.25) is 14.5 Å². The molecule has 8 nitrogen and oxygen atoms in total. The first-order valence-corrected chi connectivity index (χ1v) is 12.3. The summed E-state index contributed by atoms with van der Waals surface area (Å²) >= 11 is 0. The molecule has 1 aromatic heterocycles. The van der Waals surface area contributed by atoms with Crippen LogP contribution < -0.4 is 20.7 Å². The van der Waals surface area contributed by atoms with Crippen molar-refractivity contribution >= 4 is 40.5 Å². The maximum atomic E-state index is 12.5. The molecule has 192 valence electrons. The topological polar surface area (TPSA) is 107 Å². The number of rotatable bonds is 13. The van der Waals surface area contributed by atoms with Gasteiger partial charge in [-0.1, -0.05) is 37.3 Å². The molecular formula is C29H31N3O5. The highest BCUT2D eigenvalue weighted by molar-refractivity contribution is 6.05. The Balaban J connectivity index is 1.32. The lowest BCUT2D eigenvalue weighted by Crippen LogP contribution is -2.26. The highest BCUT2D eigenvalue weighted by atomic mass is 16.5. The fourth-order valence-corrected chi connectivity index (χ4v) is 3.86. The second kappa shape index (κ2) is 12.6. The lowest BCUT2D eigenvalue weighted by Gasteiger charge is -2.15. The van der Waals surface area contributed by atoms with E-state index >= 15 is 0 Å². The molecule has 0 aliphatic heterocycles. The molecule has 2 amide bonds. The molecule has 0 saturated heterocycles. The summed E-state index contributed by atoms with van der Waals surface area (Å²) < 4.78 is 17.4. The Morgan fingerprint density at radius 1 is 1.03 bits per heavy atom. The van der Waals surface area contributed by atoms with Crippen molar-refractivity contribution in [2.75, 3.05) is 42.3 Å². The fourth-order valence-electron chi connectivity index (χ4n) is 3.86. The number of anilines is 3. The summed E-state index contributed by atoms with van der Waals surface area (Å²) in [5.41, 5.74) is 9.22. The number of carbonyl (C=O) groups is 2. The van der Waals surface area contributed by atoms with Gasteiger partial charge in [-0.25, -0.2) is 0 Å². The van der Waals surface area contributed by atoms with E-state index in [0.717, 1.165) is 42.4 Å². The van der Waals surface area contributed by atoms with Crippen LogP contribution in [0.4, 0.5) is 17.3 Å². The third-order valence-corrected chi connectivity index (χ3v) is 5.81. The van der Waals surface area contributed by atoms with Gasteiger partial charge in [0.2, 0.25) is 12.3 Å². The first-order chi connectivity index (χ1) is 18.1. The average Bonchev–Trinajstić information content (AvgIpc) is 3.35. The number of para-hydroxylation sites is 3. The molecule has 1 heterocycles. The van der Waals surface area contributed by atoms with Crippen molar-refractivity contribution in [2.24, 2.45) is 0 Å². The molecule has 4 rings (SSSR count). The molecule has 0 spiro atoms. The molecule has 0 aliphatic carbocycles. The van der Waals surface area contributed by atoms with Crippen molar-refractivity contribution in [1.29, 1.82) is 0 Å². The van der Waals surface area contributed by atoms with Gasteiger partial charge in [0.15, 0.2) is 0 Å². The van der Waals surface area contributed by atoms with Crippen LogP contribution in [0.15, 0.2) is 77.2 Å². The zero-order valence-electron chi connectivity index (χ0n) is 20.8. The predicted octanol–water partition coefficient (Wildman–Crippen LogP) is 5.28. The van der Waals surface area contributed by atoms with Crippen LogP contribution in [-0.4, -0.2) is 38.7 Å². The number of hydrogen-bond acceptors (Lipinski definition) is 6. The van der Waals surface area contributed by atoms with Crippen molar-refractivity contribution in [3.05, 3.63) is 83.9 Å². The van der Waals surface area contributed by atoms with E-state index in [4.69, 9.17) is 19.6 Å². The Hall–Kier alpha value is -4.30. The van der Waals surface area contributed by atoms with Gasteiger partial charge in [0.25, 0.3) is 5.91 Å². The Labute approximate surface area is 216 Å². The highest BCUT2D eigenvalue weighted by Gasteiger charge is 2.14. The molecular weight excluding hydrogens is 470 g/mol. The van der Waals surface area contributed by atoms with Crippen LogP contribution >= 0.6 is 0 Å². The maximum absolute atomic E-state index is 12.5. The van der Waals surface area contributed by atoms with E-state index in [9.17, 15) is 9.59 Å². The van der Waals surface area contributed by atoms with Gasteiger partial charge in [-0.05, 0) is 54.8 Å². The van der Waals surface area contributed by atoms with Crippen molar-refractivity contribution in [1.82, 2.24) is 0 Å². The number of furan rings is 1. The van der Waals surface area contributed by atoms with Crippen LogP contribution in [0.3, 0.4) is 0 Å². The number of nitrogens with two attached hydrogens (primary N) is 1. The van der Waals surface area contributed by atoms with Crippen LogP contribution in [0.1, 0.15) is 29.3 Å². The Bertz CT molecular complexity index is 1330. The monoisotopic (exact) mass is 501 g/mol. The van der Waals surface area contributed by atoms with Gasteiger partial charge in [0, 0.05) is 23.6 Å². The summed E-state index contributed by atoms with van der Waals surface area (Å²) in [4.78, 5) is 25.8. The maximum Gasteiger partial charge on any atom is 0.255 e. The summed E-state index contributed by atoms with van der Waals surface area (Å²) in [6.45, 7) is 3.98. The first-order valence-electron chi connectivity index (χ1n) is 12.3. The van der Waals surface area contributed by atoms with Crippen molar-refractivity contribution < 1.29 is 23.5 Å². The summed E-state index contributed by atoms with van der Waals surface area (Å²) in [6, 6.07) is 21.6. The molecule has 0 radical (unpaired) electrons. The van der Waals surface area contributed by atoms with Gasteiger partial charge >= 0.3 is 0 Å². The Kier molecular flexibility index (Phi) is 8.78. The summed E-state index contributed by atoms with van der Waals surface area (Å²) in [5, 5.41) is 3.73. The minimum atomic E-state index is -0.266. The molecule has 3 aromatic carbocycles. The van der Waals surface area contributed by atoms with Crippen LogP contribution in [0.5, 0.6) is 5.75 Å². The second-order valence-corrected chi connectivity index (χ2v) is 8.50. The summed E-state index contributed by atoms with van der Waals surface area (Å²) in [7, 11) is 0. The van der Waals surface area contributed by atoms with Crippen molar-refractivity contribution in [3.63, 3.8) is 0 Å². The van der Waals surface area contributed by atoms with Crippen LogP contribution in [0.25, 0.3) is 11.0 Å². The minimum absolute atomic E-state index is 0.250. The van der Waals surface area contributed by atoms with Crippen LogP contribution in [0.2, 0.25) is 0 Å². The molecule has 8 heteroatoms. The number of fused-ring (bicyclic) bond motifs is 1. The van der Waals surface area contributed by atoms with Crippen LogP contribution in [0, 0.1) is 0 Å².